The van der Waals surface area contributed by atoms with Crippen molar-refractivity contribution in [3.63, 3.8) is 0 Å². The van der Waals surface area contributed by atoms with Crippen molar-refractivity contribution in [3.8, 4) is 0 Å². The van der Waals surface area contributed by atoms with Crippen molar-refractivity contribution in [2.45, 2.75) is 105 Å². The van der Waals surface area contributed by atoms with Gasteiger partial charge in [0.05, 0.1) is 0 Å². The Bertz CT molecular complexity index is 275. The monoisotopic (exact) mass is 296 g/mol. The number of nitrogens with one attached hydrogen (secondary N) is 1. The van der Waals surface area contributed by atoms with E-state index in [-0.39, 0.29) is 0 Å². The predicted octanol–water partition coefficient (Wildman–Crippen LogP) is 4.83. The van der Waals surface area contributed by atoms with Crippen molar-refractivity contribution in [1.82, 2.24) is 10.2 Å². The highest BCUT2D eigenvalue weighted by Crippen LogP contribution is 2.38. The lowest BCUT2D eigenvalue weighted by Crippen LogP contribution is -2.57. The second kappa shape index (κ2) is 9.15. The van der Waals surface area contributed by atoms with Crippen LogP contribution in [-0.4, -0.2) is 36.1 Å². The molecule has 0 amide bonds. The van der Waals surface area contributed by atoms with E-state index >= 15 is 0 Å². The summed E-state index contributed by atoms with van der Waals surface area (Å²) in [5, 5.41) is 3.85. The largest absolute Gasteiger partial charge is 0.312 e. The van der Waals surface area contributed by atoms with E-state index in [0.29, 0.717) is 17.5 Å². The second-order valence-electron chi connectivity index (χ2n) is 7.88. The highest BCUT2D eigenvalue weighted by Gasteiger charge is 2.38. The summed E-state index contributed by atoms with van der Waals surface area (Å²) in [6.45, 7) is 16.7. The summed E-state index contributed by atoms with van der Waals surface area (Å²) in [6.07, 6.45) is 9.20. The van der Waals surface area contributed by atoms with E-state index in [9.17, 15) is 0 Å². The van der Waals surface area contributed by atoms with Crippen LogP contribution in [0.3, 0.4) is 0 Å². The summed E-state index contributed by atoms with van der Waals surface area (Å²) in [5.41, 5.74) is 0.507. The molecule has 3 atom stereocenters. The Morgan fingerprint density at radius 2 is 1.90 bits per heavy atom. The van der Waals surface area contributed by atoms with Gasteiger partial charge in [-0.05, 0) is 64.0 Å². The Morgan fingerprint density at radius 3 is 2.48 bits per heavy atom. The molecule has 1 rings (SSSR count). The Kier molecular flexibility index (Phi) is 8.26. The first kappa shape index (κ1) is 19.0. The van der Waals surface area contributed by atoms with E-state index < -0.39 is 0 Å². The van der Waals surface area contributed by atoms with Crippen molar-refractivity contribution in [2.24, 2.45) is 5.41 Å². The molecular formula is C19H40N2. The Balaban J connectivity index is 2.83. The fourth-order valence-corrected chi connectivity index (χ4v) is 3.75. The van der Waals surface area contributed by atoms with Gasteiger partial charge in [-0.3, -0.25) is 4.90 Å². The van der Waals surface area contributed by atoms with Gasteiger partial charge in [0.15, 0.2) is 0 Å². The fourth-order valence-electron chi connectivity index (χ4n) is 3.75. The van der Waals surface area contributed by atoms with Crippen LogP contribution in [0.1, 0.15) is 86.5 Å². The van der Waals surface area contributed by atoms with Gasteiger partial charge in [0.1, 0.15) is 0 Å². The molecule has 3 unspecified atom stereocenters. The van der Waals surface area contributed by atoms with Crippen LogP contribution >= 0.6 is 0 Å². The molecule has 0 bridgehead atoms. The summed E-state index contributed by atoms with van der Waals surface area (Å²) >= 11 is 0. The molecule has 1 aliphatic rings. The maximum Gasteiger partial charge on any atom is 0.0257 e. The van der Waals surface area contributed by atoms with Gasteiger partial charge in [-0.1, -0.05) is 41.0 Å². The van der Waals surface area contributed by atoms with Gasteiger partial charge in [0.2, 0.25) is 0 Å². The molecule has 0 spiro atoms. The van der Waals surface area contributed by atoms with Crippen molar-refractivity contribution in [2.75, 3.05) is 13.1 Å². The Labute approximate surface area is 134 Å². The number of nitrogens with zero attached hydrogens (tertiary/aromatic N) is 1. The van der Waals surface area contributed by atoms with Crippen LogP contribution < -0.4 is 5.32 Å². The van der Waals surface area contributed by atoms with E-state index in [1.54, 1.807) is 0 Å². The molecule has 0 heterocycles. The number of rotatable bonds is 9. The Hall–Kier alpha value is -0.0800. The maximum absolute atomic E-state index is 3.85. The lowest BCUT2D eigenvalue weighted by atomic mass is 9.72. The summed E-state index contributed by atoms with van der Waals surface area (Å²) in [5.74, 6) is 0. The summed E-state index contributed by atoms with van der Waals surface area (Å²) in [6, 6.07) is 2.13. The molecule has 21 heavy (non-hydrogen) atoms. The van der Waals surface area contributed by atoms with E-state index in [1.807, 2.05) is 0 Å². The van der Waals surface area contributed by atoms with Crippen LogP contribution in [-0.2, 0) is 0 Å². The van der Waals surface area contributed by atoms with Crippen LogP contribution in [0.5, 0.6) is 0 Å². The minimum atomic E-state index is 0.507. The zero-order valence-electron chi connectivity index (χ0n) is 15.5. The van der Waals surface area contributed by atoms with Crippen molar-refractivity contribution < 1.29 is 0 Å². The molecule has 1 fully saturated rings. The molecule has 0 aliphatic heterocycles. The van der Waals surface area contributed by atoms with Gasteiger partial charge < -0.3 is 5.32 Å². The van der Waals surface area contributed by atoms with Gasteiger partial charge in [-0.25, -0.2) is 0 Å². The zero-order chi connectivity index (χ0) is 15.9. The molecular weight excluding hydrogens is 256 g/mol. The summed E-state index contributed by atoms with van der Waals surface area (Å²) < 4.78 is 0. The van der Waals surface area contributed by atoms with Crippen molar-refractivity contribution in [3.05, 3.63) is 0 Å². The van der Waals surface area contributed by atoms with Gasteiger partial charge in [-0.15, -0.1) is 0 Å². The second-order valence-corrected chi connectivity index (χ2v) is 7.88. The minimum Gasteiger partial charge on any atom is -0.312 e. The predicted molar refractivity (Wildman–Crippen MR) is 94.9 cm³/mol. The lowest BCUT2D eigenvalue weighted by Gasteiger charge is -2.48. The number of hydrogen-bond acceptors (Lipinski definition) is 2. The molecule has 0 aromatic carbocycles. The minimum absolute atomic E-state index is 0.507. The molecule has 126 valence electrons. The van der Waals surface area contributed by atoms with E-state index in [0.717, 1.165) is 6.04 Å². The van der Waals surface area contributed by atoms with E-state index in [1.165, 1.54) is 58.0 Å². The maximum atomic E-state index is 3.85. The lowest BCUT2D eigenvalue weighted by molar-refractivity contribution is 0.0380. The standard InChI is InChI=1S/C19H40N2/c1-7-10-14-21(16(4)9-3)18-15-19(5,6)12-11-17(18)20-13-8-2/h16-18,20H,7-15H2,1-6H3. The van der Waals surface area contributed by atoms with Crippen LogP contribution in [0.2, 0.25) is 0 Å². The van der Waals surface area contributed by atoms with Gasteiger partial charge in [-0.2, -0.15) is 0 Å². The SMILES string of the molecule is CCCCN(C(C)CC)C1CC(C)(C)CCC1NCCC. The smallest absolute Gasteiger partial charge is 0.0257 e. The third kappa shape index (κ3) is 5.90. The molecule has 1 saturated carbocycles. The van der Waals surface area contributed by atoms with Crippen LogP contribution in [0, 0.1) is 5.41 Å². The summed E-state index contributed by atoms with van der Waals surface area (Å²) in [4.78, 5) is 2.83. The highest BCUT2D eigenvalue weighted by molar-refractivity contribution is 4.95. The van der Waals surface area contributed by atoms with E-state index in [4.69, 9.17) is 0 Å². The number of unbranched alkanes of at least 4 members (excludes halogenated alkanes) is 1. The van der Waals surface area contributed by atoms with E-state index in [2.05, 4.69) is 51.8 Å². The third-order valence-corrected chi connectivity index (χ3v) is 5.37. The molecule has 1 aliphatic carbocycles. The first-order valence-corrected chi connectivity index (χ1v) is 9.44. The van der Waals surface area contributed by atoms with Gasteiger partial charge >= 0.3 is 0 Å². The fraction of sp³-hybridized carbons (Fsp3) is 1.00. The molecule has 2 heteroatoms. The van der Waals surface area contributed by atoms with Crippen LogP contribution in [0.4, 0.5) is 0 Å². The normalized spacial score (nSPS) is 27.0. The first-order chi connectivity index (χ1) is 9.95. The first-order valence-electron chi connectivity index (χ1n) is 9.44. The molecule has 0 aromatic rings. The highest BCUT2D eigenvalue weighted by atomic mass is 15.2. The van der Waals surface area contributed by atoms with Gasteiger partial charge in [0, 0.05) is 18.1 Å². The van der Waals surface area contributed by atoms with Crippen molar-refractivity contribution >= 4 is 0 Å². The molecule has 0 aromatic heterocycles. The van der Waals surface area contributed by atoms with Crippen LogP contribution in [0.25, 0.3) is 0 Å². The molecule has 0 saturated heterocycles. The van der Waals surface area contributed by atoms with Crippen molar-refractivity contribution in [1.29, 1.82) is 0 Å². The average Bonchev–Trinajstić information content (AvgIpc) is 2.45. The topological polar surface area (TPSA) is 15.3 Å². The van der Waals surface area contributed by atoms with Gasteiger partial charge in [0.25, 0.3) is 0 Å². The molecule has 1 N–H and O–H groups in total. The summed E-state index contributed by atoms with van der Waals surface area (Å²) in [7, 11) is 0. The number of hydrogen-bond donors (Lipinski definition) is 1. The zero-order valence-corrected chi connectivity index (χ0v) is 15.5. The van der Waals surface area contributed by atoms with Crippen LogP contribution in [0.15, 0.2) is 0 Å². The third-order valence-electron chi connectivity index (χ3n) is 5.37. The Morgan fingerprint density at radius 1 is 1.19 bits per heavy atom. The quantitative estimate of drug-likeness (QED) is 0.655. The average molecular weight is 297 g/mol. The molecule has 0 radical (unpaired) electrons. The molecule has 2 nitrogen and oxygen atoms in total.